The molecule has 0 aliphatic rings. The van der Waals surface area contributed by atoms with Crippen molar-refractivity contribution < 1.29 is 32.3 Å². The average molecular weight is 655 g/mol. The Morgan fingerprint density at radius 2 is 1.58 bits per heavy atom. The molecule has 0 bridgehead atoms. The summed E-state index contributed by atoms with van der Waals surface area (Å²) >= 11 is 0. The lowest BCUT2D eigenvalue weighted by Gasteiger charge is -2.23. The van der Waals surface area contributed by atoms with Crippen LogP contribution < -0.4 is 10.2 Å². The number of aryl methyl sites for hydroxylation is 1. The fraction of sp³-hybridized carbons (Fsp3) is 0.108. The van der Waals surface area contributed by atoms with Gasteiger partial charge in [0.05, 0.1) is 18.3 Å². The third-order valence-corrected chi connectivity index (χ3v) is 7.65. The summed E-state index contributed by atoms with van der Waals surface area (Å²) in [5.74, 6) is -3.24. The number of hydrogen-bond acceptors (Lipinski definition) is 4. The van der Waals surface area contributed by atoms with Crippen LogP contribution in [-0.2, 0) is 16.0 Å². The molecule has 0 spiro atoms. The summed E-state index contributed by atoms with van der Waals surface area (Å²) < 4.78 is 47.5. The van der Waals surface area contributed by atoms with E-state index in [9.17, 15) is 18.0 Å². The van der Waals surface area contributed by atoms with Gasteiger partial charge in [-0.3, -0.25) is 9.78 Å². The van der Waals surface area contributed by atoms with Gasteiger partial charge in [0.1, 0.15) is 5.82 Å². The number of fused-ring (bicyclic) bond motifs is 1. The average Bonchev–Trinajstić information content (AvgIpc) is 3.39. The number of halogens is 4. The van der Waals surface area contributed by atoms with E-state index in [2.05, 4.69) is 15.3 Å². The molecule has 0 aliphatic heterocycles. The highest BCUT2D eigenvalue weighted by atomic mass is 19.4. The molecule has 0 aliphatic carbocycles. The molecule has 0 fully saturated rings. The SMILES string of the molecule is Cc1[nH]c2ccccc2c1CC(=O)Nc1ccc(N(C)c2cccnc2)c(-c2ccc(-c3ccccc3)cc2F)c1.O=C(O)C(F)(F)F. The molecule has 0 atom stereocenters. The number of para-hydroxylation sites is 1. The van der Waals surface area contributed by atoms with Gasteiger partial charge in [0.15, 0.2) is 0 Å². The molecule has 6 aromatic rings. The maximum absolute atomic E-state index is 15.8. The molecule has 4 aromatic carbocycles. The predicted octanol–water partition coefficient (Wildman–Crippen LogP) is 8.93. The zero-order chi connectivity index (χ0) is 34.4. The number of pyridine rings is 1. The largest absolute Gasteiger partial charge is 0.490 e. The first kappa shape index (κ1) is 33.4. The Hall–Kier alpha value is -5.97. The first-order chi connectivity index (χ1) is 22.9. The third-order valence-electron chi connectivity index (χ3n) is 7.65. The van der Waals surface area contributed by atoms with Gasteiger partial charge in [0, 0.05) is 52.3 Å². The molecule has 0 saturated carbocycles. The van der Waals surface area contributed by atoms with Crippen LogP contribution in [0, 0.1) is 12.7 Å². The van der Waals surface area contributed by atoms with Crippen molar-refractivity contribution in [2.45, 2.75) is 19.5 Å². The van der Waals surface area contributed by atoms with E-state index < -0.39 is 12.1 Å². The van der Waals surface area contributed by atoms with Crippen molar-refractivity contribution in [2.24, 2.45) is 0 Å². The van der Waals surface area contributed by atoms with Crippen LogP contribution in [0.25, 0.3) is 33.2 Å². The quantitative estimate of drug-likeness (QED) is 0.149. The Morgan fingerprint density at radius 1 is 0.875 bits per heavy atom. The molecule has 1 amide bonds. The van der Waals surface area contributed by atoms with Crippen LogP contribution in [-0.4, -0.2) is 40.2 Å². The number of H-pyrrole nitrogens is 1. The highest BCUT2D eigenvalue weighted by molar-refractivity contribution is 5.98. The zero-order valence-corrected chi connectivity index (χ0v) is 25.8. The van der Waals surface area contributed by atoms with E-state index in [1.54, 1.807) is 24.5 Å². The summed E-state index contributed by atoms with van der Waals surface area (Å²) in [4.78, 5) is 31.7. The topological polar surface area (TPSA) is 98.3 Å². The van der Waals surface area contributed by atoms with Crippen molar-refractivity contribution in [3.63, 3.8) is 0 Å². The molecule has 2 aromatic heterocycles. The minimum absolute atomic E-state index is 0.142. The molecule has 6 rings (SSSR count). The van der Waals surface area contributed by atoms with E-state index in [0.29, 0.717) is 16.8 Å². The number of aromatic amines is 1. The molecular weight excluding hydrogens is 624 g/mol. The van der Waals surface area contributed by atoms with Crippen molar-refractivity contribution in [3.8, 4) is 22.3 Å². The fourth-order valence-electron chi connectivity index (χ4n) is 5.29. The van der Waals surface area contributed by atoms with Gasteiger partial charge < -0.3 is 20.3 Å². The lowest BCUT2D eigenvalue weighted by molar-refractivity contribution is -0.192. The molecule has 48 heavy (non-hydrogen) atoms. The van der Waals surface area contributed by atoms with E-state index in [-0.39, 0.29) is 18.1 Å². The number of carbonyl (C=O) groups is 2. The van der Waals surface area contributed by atoms with Crippen LogP contribution in [0.5, 0.6) is 0 Å². The van der Waals surface area contributed by atoms with Crippen LogP contribution in [0.4, 0.5) is 34.6 Å². The number of anilines is 3. The first-order valence-electron chi connectivity index (χ1n) is 14.7. The second-order valence-corrected chi connectivity index (χ2v) is 10.9. The summed E-state index contributed by atoms with van der Waals surface area (Å²) in [6.45, 7) is 1.98. The number of carboxylic acid groups (broad SMARTS) is 1. The lowest BCUT2D eigenvalue weighted by atomic mass is 9.97. The van der Waals surface area contributed by atoms with Gasteiger partial charge in [-0.2, -0.15) is 13.2 Å². The summed E-state index contributed by atoms with van der Waals surface area (Å²) in [5, 5.41) is 11.2. The molecule has 7 nitrogen and oxygen atoms in total. The van der Waals surface area contributed by atoms with Gasteiger partial charge in [0.2, 0.25) is 5.91 Å². The van der Waals surface area contributed by atoms with Gasteiger partial charge in [-0.05, 0) is 66.1 Å². The van der Waals surface area contributed by atoms with Crippen molar-refractivity contribution in [1.29, 1.82) is 0 Å². The van der Waals surface area contributed by atoms with Crippen molar-refractivity contribution >= 4 is 39.8 Å². The number of alkyl halides is 3. The highest BCUT2D eigenvalue weighted by Gasteiger charge is 2.38. The number of aromatic nitrogens is 2. The second kappa shape index (κ2) is 14.2. The number of benzene rings is 4. The van der Waals surface area contributed by atoms with E-state index in [0.717, 1.165) is 44.7 Å². The number of amides is 1. The van der Waals surface area contributed by atoms with Crippen LogP contribution in [0.15, 0.2) is 116 Å². The summed E-state index contributed by atoms with van der Waals surface area (Å²) in [6.07, 6.45) is -1.38. The van der Waals surface area contributed by atoms with Crippen molar-refractivity contribution in [1.82, 2.24) is 9.97 Å². The molecule has 0 saturated heterocycles. The summed E-state index contributed by atoms with van der Waals surface area (Å²) in [6, 6.07) is 32.4. The molecule has 0 unspecified atom stereocenters. The van der Waals surface area contributed by atoms with Crippen LogP contribution in [0.3, 0.4) is 0 Å². The first-order valence-corrected chi connectivity index (χ1v) is 14.7. The van der Waals surface area contributed by atoms with Gasteiger partial charge in [-0.25, -0.2) is 9.18 Å². The number of aliphatic carboxylic acids is 1. The third kappa shape index (κ3) is 7.69. The summed E-state index contributed by atoms with van der Waals surface area (Å²) in [5.41, 5.74) is 8.03. The number of carboxylic acids is 1. The normalized spacial score (nSPS) is 11.0. The molecule has 244 valence electrons. The van der Waals surface area contributed by atoms with E-state index in [1.807, 2.05) is 110 Å². The van der Waals surface area contributed by atoms with Crippen molar-refractivity contribution in [3.05, 3.63) is 133 Å². The van der Waals surface area contributed by atoms with Crippen molar-refractivity contribution in [2.75, 3.05) is 17.3 Å². The van der Waals surface area contributed by atoms with E-state index >= 15 is 4.39 Å². The smallest absolute Gasteiger partial charge is 0.475 e. The Morgan fingerprint density at radius 3 is 2.25 bits per heavy atom. The van der Waals surface area contributed by atoms with Gasteiger partial charge in [0.25, 0.3) is 0 Å². The zero-order valence-electron chi connectivity index (χ0n) is 25.8. The number of nitrogens with one attached hydrogen (secondary N) is 2. The van der Waals surface area contributed by atoms with Crippen LogP contribution in [0.1, 0.15) is 11.3 Å². The van der Waals surface area contributed by atoms with Gasteiger partial charge in [-0.1, -0.05) is 60.7 Å². The Kier molecular flexibility index (Phi) is 9.88. The van der Waals surface area contributed by atoms with Crippen LogP contribution in [0.2, 0.25) is 0 Å². The second-order valence-electron chi connectivity index (χ2n) is 10.9. The number of carbonyl (C=O) groups excluding carboxylic acids is 1. The highest BCUT2D eigenvalue weighted by Crippen LogP contribution is 2.38. The number of nitrogens with zero attached hydrogens (tertiary/aromatic N) is 2. The Balaban J connectivity index is 0.000000582. The van der Waals surface area contributed by atoms with E-state index in [4.69, 9.17) is 9.90 Å². The standard InChI is InChI=1S/C35H29FN4O.C2HF3O2/c1-23-30(29-12-6-7-13-33(29)38-23)21-35(41)39-26-15-17-34(40(2)27-11-8-18-37-22-27)31(20-26)28-16-14-25(19-32(28)36)24-9-4-3-5-10-24;3-2(4,5)1(6)7/h3-20,22,38H,21H2,1-2H3,(H,39,41);(H,6,7). The van der Waals surface area contributed by atoms with Gasteiger partial charge in [-0.15, -0.1) is 0 Å². The Labute approximate surface area is 273 Å². The van der Waals surface area contributed by atoms with Crippen LogP contribution >= 0.6 is 0 Å². The number of rotatable bonds is 7. The Bertz CT molecular complexity index is 2060. The minimum Gasteiger partial charge on any atom is -0.475 e. The molecule has 3 N–H and O–H groups in total. The minimum atomic E-state index is -5.08. The molecular formula is C37H30F4N4O3. The van der Waals surface area contributed by atoms with Gasteiger partial charge >= 0.3 is 12.1 Å². The van der Waals surface area contributed by atoms with E-state index in [1.165, 1.54) is 0 Å². The molecule has 0 radical (unpaired) electrons. The predicted molar refractivity (Wildman–Crippen MR) is 179 cm³/mol. The summed E-state index contributed by atoms with van der Waals surface area (Å²) in [7, 11) is 1.92. The monoisotopic (exact) mass is 654 g/mol. The number of hydrogen-bond donors (Lipinski definition) is 3. The molecule has 2 heterocycles. The maximum Gasteiger partial charge on any atom is 0.490 e. The molecule has 11 heteroatoms. The fourth-order valence-corrected chi connectivity index (χ4v) is 5.29. The lowest BCUT2D eigenvalue weighted by Crippen LogP contribution is -2.21. The maximum atomic E-state index is 15.8.